The second-order valence-corrected chi connectivity index (χ2v) is 8.15. The van der Waals surface area contributed by atoms with Gasteiger partial charge in [0.15, 0.2) is 0 Å². The van der Waals surface area contributed by atoms with E-state index < -0.39 is 0 Å². The Labute approximate surface area is 178 Å². The Balaban J connectivity index is 1.19. The van der Waals surface area contributed by atoms with Crippen molar-refractivity contribution in [2.45, 2.75) is 26.4 Å². The zero-order chi connectivity index (χ0) is 20.9. The number of hydrogen-bond acceptors (Lipinski definition) is 5. The van der Waals surface area contributed by atoms with E-state index in [1.807, 2.05) is 31.3 Å². The Hall–Kier alpha value is -2.73. The van der Waals surface area contributed by atoms with Crippen LogP contribution in [-0.2, 0) is 22.6 Å². The summed E-state index contributed by atoms with van der Waals surface area (Å²) in [6, 6.07) is 0. The van der Waals surface area contributed by atoms with Gasteiger partial charge in [-0.3, -0.25) is 4.79 Å². The van der Waals surface area contributed by atoms with E-state index in [1.165, 1.54) is 0 Å². The molecule has 30 heavy (non-hydrogen) atoms. The summed E-state index contributed by atoms with van der Waals surface area (Å²) in [5, 5.41) is 3.00. The van der Waals surface area contributed by atoms with E-state index in [0.717, 1.165) is 61.9 Å². The Morgan fingerprint density at radius 1 is 1.37 bits per heavy atom. The van der Waals surface area contributed by atoms with Crippen LogP contribution in [0.5, 0.6) is 0 Å². The van der Waals surface area contributed by atoms with E-state index in [4.69, 9.17) is 9.72 Å². The lowest BCUT2D eigenvalue weighted by molar-refractivity contribution is -0.116. The summed E-state index contributed by atoms with van der Waals surface area (Å²) >= 11 is 0. The Morgan fingerprint density at radius 2 is 2.20 bits per heavy atom. The predicted octanol–water partition coefficient (Wildman–Crippen LogP) is 2.98. The fourth-order valence-electron chi connectivity index (χ4n) is 4.50. The van der Waals surface area contributed by atoms with Gasteiger partial charge >= 0.3 is 0 Å². The molecule has 1 N–H and O–H groups in total. The fourth-order valence-corrected chi connectivity index (χ4v) is 4.50. The lowest BCUT2D eigenvalue weighted by atomic mass is 10.1. The van der Waals surface area contributed by atoms with Crippen LogP contribution in [0.3, 0.4) is 0 Å². The van der Waals surface area contributed by atoms with E-state index in [-0.39, 0.29) is 5.91 Å². The minimum absolute atomic E-state index is 0.0536. The standard InChI is InChI=1S/C24H30N4O2/c1-3-5-6-17(4-2)7-8-23(29)25-11-9-19-20-14-28(15-21(19)20)24-26-13-18-16-30-12-10-22(18)27-24/h3-8,13,19-21H,2,9-12,14-16H2,1H3,(H,25,29)/b5-3-,8-7+,17-6+/t19?,20-,21+. The number of piperidine rings is 1. The molecule has 3 aliphatic rings. The van der Waals surface area contributed by atoms with Crippen LogP contribution in [0, 0.1) is 17.8 Å². The summed E-state index contributed by atoms with van der Waals surface area (Å²) in [7, 11) is 0. The molecule has 2 aliphatic heterocycles. The number of carbonyl (C=O) groups is 1. The van der Waals surface area contributed by atoms with Crippen molar-refractivity contribution in [1.82, 2.24) is 15.3 Å². The number of amides is 1. The molecular weight excluding hydrogens is 376 g/mol. The van der Waals surface area contributed by atoms with Crippen molar-refractivity contribution in [2.75, 3.05) is 31.1 Å². The summed E-state index contributed by atoms with van der Waals surface area (Å²) < 4.78 is 5.46. The van der Waals surface area contributed by atoms with Gasteiger partial charge in [-0.2, -0.15) is 0 Å². The number of rotatable bonds is 8. The van der Waals surface area contributed by atoms with Crippen LogP contribution >= 0.6 is 0 Å². The molecule has 0 bridgehead atoms. The number of fused-ring (bicyclic) bond motifs is 2. The number of nitrogens with one attached hydrogen (secondary N) is 1. The van der Waals surface area contributed by atoms with Crippen LogP contribution in [0.25, 0.3) is 0 Å². The monoisotopic (exact) mass is 406 g/mol. The highest BCUT2D eigenvalue weighted by atomic mass is 16.5. The molecule has 0 aromatic carbocycles. The van der Waals surface area contributed by atoms with Crippen molar-refractivity contribution >= 4 is 11.9 Å². The van der Waals surface area contributed by atoms with Gasteiger partial charge in [-0.1, -0.05) is 30.9 Å². The molecule has 1 amide bonds. The van der Waals surface area contributed by atoms with Crippen LogP contribution < -0.4 is 10.2 Å². The summed E-state index contributed by atoms with van der Waals surface area (Å²) in [6.07, 6.45) is 14.7. The van der Waals surface area contributed by atoms with Crippen molar-refractivity contribution in [3.05, 3.63) is 66.1 Å². The second kappa shape index (κ2) is 9.39. The fraction of sp³-hybridized carbons (Fsp3) is 0.458. The zero-order valence-corrected chi connectivity index (χ0v) is 17.6. The molecule has 1 aromatic rings. The van der Waals surface area contributed by atoms with Gasteiger partial charge in [0.1, 0.15) is 0 Å². The van der Waals surface area contributed by atoms with Gasteiger partial charge in [0, 0.05) is 43.9 Å². The van der Waals surface area contributed by atoms with Crippen molar-refractivity contribution in [3.8, 4) is 0 Å². The molecule has 0 radical (unpaired) electrons. The molecule has 1 unspecified atom stereocenters. The normalized spacial score (nSPS) is 25.4. The lowest BCUT2D eigenvalue weighted by Crippen LogP contribution is -2.28. The summed E-state index contributed by atoms with van der Waals surface area (Å²) in [5.74, 6) is 2.93. The first-order valence-electron chi connectivity index (χ1n) is 10.8. The average Bonchev–Trinajstić information content (AvgIpc) is 3.21. The molecule has 4 rings (SSSR count). The van der Waals surface area contributed by atoms with E-state index in [9.17, 15) is 4.79 Å². The van der Waals surface area contributed by atoms with Crippen molar-refractivity contribution < 1.29 is 9.53 Å². The Kier molecular flexibility index (Phi) is 6.43. The average molecular weight is 407 g/mol. The third-order valence-corrected chi connectivity index (χ3v) is 6.26. The summed E-state index contributed by atoms with van der Waals surface area (Å²) in [6.45, 7) is 9.87. The summed E-state index contributed by atoms with van der Waals surface area (Å²) in [5.41, 5.74) is 3.17. The van der Waals surface area contributed by atoms with Crippen molar-refractivity contribution in [1.29, 1.82) is 0 Å². The van der Waals surface area contributed by atoms with Gasteiger partial charge in [0.2, 0.25) is 11.9 Å². The number of carbonyl (C=O) groups excluding carboxylic acids is 1. The third-order valence-electron chi connectivity index (χ3n) is 6.26. The molecule has 1 saturated carbocycles. The first kappa shape index (κ1) is 20.5. The van der Waals surface area contributed by atoms with Crippen LogP contribution in [0.1, 0.15) is 24.6 Å². The number of nitrogens with zero attached hydrogens (tertiary/aromatic N) is 3. The highest BCUT2D eigenvalue weighted by molar-refractivity contribution is 5.88. The van der Waals surface area contributed by atoms with Gasteiger partial charge in [-0.25, -0.2) is 9.97 Å². The van der Waals surface area contributed by atoms with E-state index in [1.54, 1.807) is 18.2 Å². The zero-order valence-electron chi connectivity index (χ0n) is 17.6. The second-order valence-electron chi connectivity index (χ2n) is 8.15. The van der Waals surface area contributed by atoms with E-state index >= 15 is 0 Å². The number of anilines is 1. The highest BCUT2D eigenvalue weighted by Crippen LogP contribution is 2.53. The van der Waals surface area contributed by atoms with Gasteiger partial charge in [0.25, 0.3) is 0 Å². The minimum atomic E-state index is -0.0536. The first-order chi connectivity index (χ1) is 14.7. The number of aromatic nitrogens is 2. The van der Waals surface area contributed by atoms with Gasteiger partial charge in [-0.15, -0.1) is 0 Å². The van der Waals surface area contributed by atoms with Crippen LogP contribution in [0.2, 0.25) is 0 Å². The SMILES string of the molecule is C=CC(/C=C/C(=O)NCCC1[C@H]2CN(c3ncc4c(n3)CCOC4)C[C@@H]12)=C\C=C/C. The maximum absolute atomic E-state index is 12.0. The molecular formula is C24H30N4O2. The first-order valence-corrected chi connectivity index (χ1v) is 10.8. The molecule has 6 nitrogen and oxygen atoms in total. The number of hydrogen-bond donors (Lipinski definition) is 1. The van der Waals surface area contributed by atoms with Crippen molar-refractivity contribution in [3.63, 3.8) is 0 Å². The topological polar surface area (TPSA) is 67.4 Å². The number of allylic oxidation sites excluding steroid dienone is 6. The van der Waals surface area contributed by atoms with Crippen molar-refractivity contribution in [2.24, 2.45) is 17.8 Å². The minimum Gasteiger partial charge on any atom is -0.376 e. The smallest absolute Gasteiger partial charge is 0.243 e. The molecule has 3 atom stereocenters. The van der Waals surface area contributed by atoms with Gasteiger partial charge < -0.3 is 15.0 Å². The van der Waals surface area contributed by atoms with Gasteiger partial charge in [0.05, 0.1) is 18.9 Å². The van der Waals surface area contributed by atoms with E-state index in [2.05, 4.69) is 21.8 Å². The largest absolute Gasteiger partial charge is 0.376 e. The van der Waals surface area contributed by atoms with Gasteiger partial charge in [-0.05, 0) is 42.7 Å². The molecule has 1 saturated heterocycles. The Morgan fingerprint density at radius 3 is 2.97 bits per heavy atom. The highest BCUT2D eigenvalue weighted by Gasteiger charge is 2.55. The Bertz CT molecular complexity index is 877. The quantitative estimate of drug-likeness (QED) is 0.531. The predicted molar refractivity (Wildman–Crippen MR) is 118 cm³/mol. The molecule has 158 valence electrons. The molecule has 3 heterocycles. The molecule has 1 aromatic heterocycles. The molecule has 1 aliphatic carbocycles. The molecule has 0 spiro atoms. The maximum atomic E-state index is 12.0. The summed E-state index contributed by atoms with van der Waals surface area (Å²) in [4.78, 5) is 23.7. The molecule has 6 heteroatoms. The van der Waals surface area contributed by atoms with Crippen LogP contribution in [0.4, 0.5) is 5.95 Å². The van der Waals surface area contributed by atoms with E-state index in [0.29, 0.717) is 24.4 Å². The third kappa shape index (κ3) is 4.70. The number of ether oxygens (including phenoxy) is 1. The lowest BCUT2D eigenvalue weighted by Gasteiger charge is -2.22. The van der Waals surface area contributed by atoms with Crippen LogP contribution in [-0.4, -0.2) is 42.1 Å². The molecule has 2 fully saturated rings. The maximum Gasteiger partial charge on any atom is 0.243 e. The van der Waals surface area contributed by atoms with Crippen LogP contribution in [0.15, 0.2) is 54.8 Å².